The van der Waals surface area contributed by atoms with Gasteiger partial charge in [0.15, 0.2) is 5.78 Å². The van der Waals surface area contributed by atoms with Crippen LogP contribution in [0.2, 0.25) is 0 Å². The maximum absolute atomic E-state index is 12.9. The van der Waals surface area contributed by atoms with Gasteiger partial charge in [-0.1, -0.05) is 42.5 Å². The van der Waals surface area contributed by atoms with Crippen LogP contribution < -0.4 is 9.47 Å². The summed E-state index contributed by atoms with van der Waals surface area (Å²) in [6, 6.07) is 19.9. The second kappa shape index (κ2) is 8.58. The molecule has 1 aliphatic rings. The quantitative estimate of drug-likeness (QED) is 0.487. The normalized spacial score (nSPS) is 14.5. The highest BCUT2D eigenvalue weighted by molar-refractivity contribution is 6.13. The second-order valence-corrected chi connectivity index (χ2v) is 7.71. The number of ketones is 1. The molecular weight excluding hydrogens is 372 g/mol. The van der Waals surface area contributed by atoms with E-state index in [1.54, 1.807) is 7.11 Å². The van der Waals surface area contributed by atoms with E-state index in [1.165, 1.54) is 5.56 Å². The number of aryl methyl sites for hydroxylation is 2. The average molecular weight is 399 g/mol. The molecule has 0 saturated carbocycles. The van der Waals surface area contributed by atoms with E-state index in [9.17, 15) is 4.79 Å². The Labute approximate surface area is 178 Å². The van der Waals surface area contributed by atoms with Gasteiger partial charge < -0.3 is 9.47 Å². The first kappa shape index (κ1) is 20.0. The molecule has 0 heterocycles. The van der Waals surface area contributed by atoms with Crippen LogP contribution in [0.25, 0.3) is 6.08 Å². The Kier molecular flexibility index (Phi) is 5.71. The molecule has 30 heavy (non-hydrogen) atoms. The minimum absolute atomic E-state index is 0.126. The van der Waals surface area contributed by atoms with Crippen LogP contribution in [-0.2, 0) is 13.0 Å². The smallest absolute Gasteiger partial charge is 0.189 e. The molecule has 3 aromatic carbocycles. The third-order valence-corrected chi connectivity index (χ3v) is 5.80. The van der Waals surface area contributed by atoms with Gasteiger partial charge in [0.25, 0.3) is 0 Å². The number of carbonyl (C=O) groups excluding carboxylic acids is 1. The summed E-state index contributed by atoms with van der Waals surface area (Å²) < 4.78 is 11.6. The van der Waals surface area contributed by atoms with Crippen molar-refractivity contribution in [2.75, 3.05) is 7.11 Å². The maximum atomic E-state index is 12.9. The van der Waals surface area contributed by atoms with Crippen LogP contribution in [0.4, 0.5) is 0 Å². The first-order chi connectivity index (χ1) is 14.6. The summed E-state index contributed by atoms with van der Waals surface area (Å²) in [7, 11) is 1.66. The average Bonchev–Trinajstić information content (AvgIpc) is 2.77. The third-order valence-electron chi connectivity index (χ3n) is 5.80. The lowest BCUT2D eigenvalue weighted by Gasteiger charge is -2.17. The number of Topliss-reactive ketones (excluding diaryl/α,β-unsaturated/α-hetero) is 1. The highest BCUT2D eigenvalue weighted by Crippen LogP contribution is 2.29. The van der Waals surface area contributed by atoms with Crippen LogP contribution in [0.1, 0.15) is 44.6 Å². The number of rotatable bonds is 5. The fourth-order valence-corrected chi connectivity index (χ4v) is 3.89. The first-order valence-corrected chi connectivity index (χ1v) is 10.3. The minimum Gasteiger partial charge on any atom is -0.496 e. The van der Waals surface area contributed by atoms with Crippen molar-refractivity contribution in [3.05, 3.63) is 99.6 Å². The van der Waals surface area contributed by atoms with Gasteiger partial charge >= 0.3 is 0 Å². The Morgan fingerprint density at radius 3 is 2.60 bits per heavy atom. The minimum atomic E-state index is 0.126. The highest BCUT2D eigenvalue weighted by Gasteiger charge is 2.21. The lowest BCUT2D eigenvalue weighted by molar-refractivity contribution is 0.102. The molecule has 0 fully saturated rings. The number of hydrogen-bond acceptors (Lipinski definition) is 3. The van der Waals surface area contributed by atoms with E-state index in [4.69, 9.17) is 9.47 Å². The Morgan fingerprint density at radius 2 is 1.77 bits per heavy atom. The van der Waals surface area contributed by atoms with Gasteiger partial charge in [0.2, 0.25) is 0 Å². The molecule has 0 amide bonds. The van der Waals surface area contributed by atoms with Gasteiger partial charge in [0.1, 0.15) is 18.1 Å². The van der Waals surface area contributed by atoms with Crippen molar-refractivity contribution in [2.24, 2.45) is 0 Å². The number of methoxy groups -OCH3 is 1. The largest absolute Gasteiger partial charge is 0.496 e. The molecule has 3 heteroatoms. The molecular formula is C27H26O3. The summed E-state index contributed by atoms with van der Waals surface area (Å²) in [4.78, 5) is 12.9. The Morgan fingerprint density at radius 1 is 0.933 bits per heavy atom. The van der Waals surface area contributed by atoms with E-state index in [0.29, 0.717) is 6.61 Å². The number of benzene rings is 3. The fraction of sp³-hybridized carbons (Fsp3) is 0.222. The predicted octanol–water partition coefficient (Wildman–Crippen LogP) is 6.10. The SMILES string of the molecule is COc1ccc(/C=C2/CCc3ccccc3C2=O)cc1COc1cccc(C)c1C. The summed E-state index contributed by atoms with van der Waals surface area (Å²) in [6.45, 7) is 4.55. The molecule has 0 bridgehead atoms. The standard InChI is InChI=1S/C27H26O3/c1-18-7-6-10-25(19(18)2)30-17-23-16-20(11-14-26(23)29-3)15-22-13-12-21-8-4-5-9-24(21)27(22)28/h4-11,14-16H,12-13,17H2,1-3H3/b22-15-. The van der Waals surface area contributed by atoms with Crippen molar-refractivity contribution in [3.8, 4) is 11.5 Å². The topological polar surface area (TPSA) is 35.5 Å². The monoisotopic (exact) mass is 398 g/mol. The van der Waals surface area contributed by atoms with Crippen LogP contribution in [0.15, 0.2) is 66.2 Å². The van der Waals surface area contributed by atoms with E-state index in [2.05, 4.69) is 19.9 Å². The van der Waals surface area contributed by atoms with Crippen LogP contribution in [-0.4, -0.2) is 12.9 Å². The van der Waals surface area contributed by atoms with Crippen LogP contribution in [0.5, 0.6) is 11.5 Å². The summed E-state index contributed by atoms with van der Waals surface area (Å²) in [5.74, 6) is 1.78. The molecule has 0 N–H and O–H groups in total. The third kappa shape index (κ3) is 4.02. The van der Waals surface area contributed by atoms with Crippen LogP contribution in [0.3, 0.4) is 0 Å². The fourth-order valence-electron chi connectivity index (χ4n) is 3.89. The Balaban J connectivity index is 1.59. The number of allylic oxidation sites excluding steroid dienone is 1. The molecule has 0 radical (unpaired) electrons. The summed E-state index contributed by atoms with van der Waals surface area (Å²) in [6.07, 6.45) is 3.65. The van der Waals surface area contributed by atoms with Gasteiger partial charge in [0, 0.05) is 16.7 Å². The van der Waals surface area contributed by atoms with Gasteiger partial charge in [-0.05, 0) is 73.2 Å². The molecule has 0 atom stereocenters. The highest BCUT2D eigenvalue weighted by atomic mass is 16.5. The molecule has 4 rings (SSSR count). The van der Waals surface area contributed by atoms with E-state index in [-0.39, 0.29) is 5.78 Å². The number of carbonyl (C=O) groups is 1. The van der Waals surface area contributed by atoms with E-state index >= 15 is 0 Å². The van der Waals surface area contributed by atoms with Crippen molar-refractivity contribution in [1.82, 2.24) is 0 Å². The lowest BCUT2D eigenvalue weighted by Crippen LogP contribution is -2.13. The Bertz CT molecular complexity index is 1120. The van der Waals surface area contributed by atoms with E-state index in [1.807, 2.05) is 60.7 Å². The molecule has 0 saturated heterocycles. The molecule has 0 aliphatic heterocycles. The summed E-state index contributed by atoms with van der Waals surface area (Å²) in [5, 5.41) is 0. The zero-order valence-electron chi connectivity index (χ0n) is 17.7. The number of fused-ring (bicyclic) bond motifs is 1. The molecule has 0 spiro atoms. The molecule has 1 aliphatic carbocycles. The van der Waals surface area contributed by atoms with Crippen molar-refractivity contribution < 1.29 is 14.3 Å². The van der Waals surface area contributed by atoms with Crippen molar-refractivity contribution in [3.63, 3.8) is 0 Å². The number of hydrogen-bond donors (Lipinski definition) is 0. The Hall–Kier alpha value is -3.33. The maximum Gasteiger partial charge on any atom is 0.189 e. The van der Waals surface area contributed by atoms with Crippen LogP contribution >= 0.6 is 0 Å². The predicted molar refractivity (Wildman–Crippen MR) is 120 cm³/mol. The zero-order chi connectivity index (χ0) is 21.1. The van der Waals surface area contributed by atoms with Crippen molar-refractivity contribution >= 4 is 11.9 Å². The first-order valence-electron chi connectivity index (χ1n) is 10.3. The molecule has 152 valence electrons. The summed E-state index contributed by atoms with van der Waals surface area (Å²) in [5.41, 5.74) is 7.09. The zero-order valence-corrected chi connectivity index (χ0v) is 17.7. The van der Waals surface area contributed by atoms with Gasteiger partial charge in [0.05, 0.1) is 7.11 Å². The van der Waals surface area contributed by atoms with Gasteiger partial charge in [-0.15, -0.1) is 0 Å². The molecule has 0 aromatic heterocycles. The molecule has 0 unspecified atom stereocenters. The lowest BCUT2D eigenvalue weighted by atomic mass is 9.86. The summed E-state index contributed by atoms with van der Waals surface area (Å²) >= 11 is 0. The molecule has 3 aromatic rings. The van der Waals surface area contributed by atoms with Gasteiger partial charge in [-0.2, -0.15) is 0 Å². The number of ether oxygens (including phenoxy) is 2. The van der Waals surface area contributed by atoms with Crippen molar-refractivity contribution in [1.29, 1.82) is 0 Å². The van der Waals surface area contributed by atoms with Gasteiger partial charge in [-0.3, -0.25) is 4.79 Å². The molecule has 3 nitrogen and oxygen atoms in total. The van der Waals surface area contributed by atoms with Crippen LogP contribution in [0, 0.1) is 13.8 Å². The van der Waals surface area contributed by atoms with Gasteiger partial charge in [-0.25, -0.2) is 0 Å². The van der Waals surface area contributed by atoms with Crippen molar-refractivity contribution in [2.45, 2.75) is 33.3 Å². The second-order valence-electron chi connectivity index (χ2n) is 7.71. The van der Waals surface area contributed by atoms with E-state index in [0.717, 1.165) is 57.7 Å². The van der Waals surface area contributed by atoms with E-state index < -0.39 is 0 Å².